The number of hydrogen-bond donors (Lipinski definition) is 2. The summed E-state index contributed by atoms with van der Waals surface area (Å²) in [5, 5.41) is 17.7. The van der Waals surface area contributed by atoms with E-state index in [-0.39, 0.29) is 6.10 Å². The number of nitrogens with one attached hydrogen (secondary N) is 1. The average molecular weight is 331 g/mol. The molecule has 5 nitrogen and oxygen atoms in total. The van der Waals surface area contributed by atoms with Crippen molar-refractivity contribution in [3.8, 4) is 11.8 Å². The zero-order valence-corrected chi connectivity index (χ0v) is 13.7. The van der Waals surface area contributed by atoms with E-state index in [1.807, 2.05) is 13.2 Å². The molecule has 3 rings (SSSR count). The van der Waals surface area contributed by atoms with Crippen LogP contribution in [0.25, 0.3) is 0 Å². The second-order valence-electron chi connectivity index (χ2n) is 5.86. The third kappa shape index (κ3) is 4.25. The van der Waals surface area contributed by atoms with Gasteiger partial charge in [-0.3, -0.25) is 4.68 Å². The number of rotatable bonds is 2. The first-order valence-electron chi connectivity index (χ1n) is 7.71. The molecule has 0 amide bonds. The van der Waals surface area contributed by atoms with Gasteiger partial charge in [0.15, 0.2) is 0 Å². The van der Waals surface area contributed by atoms with Gasteiger partial charge in [0, 0.05) is 25.5 Å². The molecule has 2 N–H and O–H groups in total. The van der Waals surface area contributed by atoms with Crippen molar-refractivity contribution in [2.24, 2.45) is 7.05 Å². The van der Waals surface area contributed by atoms with Crippen LogP contribution in [0.15, 0.2) is 24.7 Å². The van der Waals surface area contributed by atoms with Crippen LogP contribution in [-0.2, 0) is 7.05 Å². The monoisotopic (exact) mass is 330 g/mol. The van der Waals surface area contributed by atoms with Gasteiger partial charge in [-0.05, 0) is 31.7 Å². The van der Waals surface area contributed by atoms with Crippen molar-refractivity contribution in [1.82, 2.24) is 14.8 Å². The molecule has 0 saturated heterocycles. The van der Waals surface area contributed by atoms with Crippen LogP contribution in [0.4, 0.5) is 5.69 Å². The Morgan fingerprint density at radius 1 is 1.26 bits per heavy atom. The number of aromatic nitrogens is 3. The Bertz CT molecular complexity index is 739. The number of hydrogen-bond acceptors (Lipinski definition) is 4. The van der Waals surface area contributed by atoms with Gasteiger partial charge >= 0.3 is 0 Å². The summed E-state index contributed by atoms with van der Waals surface area (Å²) in [6, 6.07) is 2.13. The zero-order chi connectivity index (χ0) is 16.2. The molecule has 2 aromatic rings. The van der Waals surface area contributed by atoms with E-state index in [9.17, 15) is 5.11 Å². The van der Waals surface area contributed by atoms with Crippen molar-refractivity contribution < 1.29 is 5.11 Å². The van der Waals surface area contributed by atoms with Gasteiger partial charge < -0.3 is 10.4 Å². The van der Waals surface area contributed by atoms with E-state index in [1.54, 1.807) is 23.1 Å². The molecule has 0 aromatic carbocycles. The van der Waals surface area contributed by atoms with E-state index < -0.39 is 0 Å². The van der Waals surface area contributed by atoms with Gasteiger partial charge in [0.25, 0.3) is 0 Å². The number of pyridine rings is 1. The van der Waals surface area contributed by atoms with E-state index in [0.717, 1.165) is 42.5 Å². The molecular weight excluding hydrogens is 312 g/mol. The first kappa shape index (κ1) is 15.9. The van der Waals surface area contributed by atoms with Crippen LogP contribution in [0, 0.1) is 11.8 Å². The topological polar surface area (TPSA) is 63.0 Å². The Hall–Kier alpha value is -2.03. The van der Waals surface area contributed by atoms with Crippen molar-refractivity contribution in [3.05, 3.63) is 40.9 Å². The first-order valence-corrected chi connectivity index (χ1v) is 8.09. The number of aliphatic hydroxyl groups is 1. The summed E-state index contributed by atoms with van der Waals surface area (Å²) < 4.78 is 1.72. The van der Waals surface area contributed by atoms with Crippen LogP contribution in [0.3, 0.4) is 0 Å². The molecule has 6 heteroatoms. The van der Waals surface area contributed by atoms with Crippen molar-refractivity contribution >= 4 is 17.3 Å². The lowest BCUT2D eigenvalue weighted by molar-refractivity contribution is 0.126. The van der Waals surface area contributed by atoms with Crippen LogP contribution in [0.5, 0.6) is 0 Å². The molecule has 1 aliphatic carbocycles. The Morgan fingerprint density at radius 2 is 2.04 bits per heavy atom. The van der Waals surface area contributed by atoms with Crippen LogP contribution < -0.4 is 5.32 Å². The Balaban J connectivity index is 1.79. The summed E-state index contributed by atoms with van der Waals surface area (Å²) in [6.07, 6.45) is 8.65. The summed E-state index contributed by atoms with van der Waals surface area (Å²) in [5.41, 5.74) is 2.56. The Labute approximate surface area is 140 Å². The molecule has 1 aliphatic rings. The zero-order valence-electron chi connectivity index (χ0n) is 13.0. The maximum Gasteiger partial charge on any atom is 0.131 e. The molecule has 120 valence electrons. The number of aliphatic hydroxyl groups excluding tert-OH is 1. The molecule has 1 saturated carbocycles. The second kappa shape index (κ2) is 7.03. The van der Waals surface area contributed by atoms with Crippen LogP contribution in [0.1, 0.15) is 36.8 Å². The molecule has 1 fully saturated rings. The third-order valence-electron chi connectivity index (χ3n) is 3.97. The summed E-state index contributed by atoms with van der Waals surface area (Å²) in [6.45, 7) is 0. The second-order valence-corrected chi connectivity index (χ2v) is 6.24. The number of anilines is 1. The number of aryl methyl sites for hydroxylation is 1. The van der Waals surface area contributed by atoms with Gasteiger partial charge in [-0.1, -0.05) is 23.4 Å². The minimum atomic E-state index is -0.168. The lowest BCUT2D eigenvalue weighted by Crippen LogP contribution is -2.28. The lowest BCUT2D eigenvalue weighted by atomic mass is 9.93. The normalized spacial score (nSPS) is 20.7. The fourth-order valence-corrected chi connectivity index (χ4v) is 2.87. The van der Waals surface area contributed by atoms with Crippen molar-refractivity contribution in [3.63, 3.8) is 0 Å². The predicted octanol–water partition coefficient (Wildman–Crippen LogP) is 2.58. The molecule has 23 heavy (non-hydrogen) atoms. The standard InChI is InChI=1S/C17H19ClN4O/c1-22-11-12(9-20-22)2-3-13-10-19-17(18)8-16(13)21-14-4-6-15(23)7-5-14/h8-11,14-15,23H,4-7H2,1H3,(H,19,21). The number of nitrogens with zero attached hydrogens (tertiary/aromatic N) is 3. The van der Waals surface area contributed by atoms with E-state index in [0.29, 0.717) is 11.2 Å². The van der Waals surface area contributed by atoms with E-state index in [2.05, 4.69) is 27.2 Å². The maximum absolute atomic E-state index is 9.61. The van der Waals surface area contributed by atoms with Crippen molar-refractivity contribution in [1.29, 1.82) is 0 Å². The minimum Gasteiger partial charge on any atom is -0.393 e. The van der Waals surface area contributed by atoms with Gasteiger partial charge in [-0.15, -0.1) is 0 Å². The van der Waals surface area contributed by atoms with Crippen LogP contribution >= 0.6 is 11.6 Å². The fourth-order valence-electron chi connectivity index (χ4n) is 2.71. The quantitative estimate of drug-likeness (QED) is 0.656. The first-order chi connectivity index (χ1) is 11.1. The van der Waals surface area contributed by atoms with Crippen LogP contribution in [0.2, 0.25) is 5.15 Å². The SMILES string of the molecule is Cn1cc(C#Cc2cnc(Cl)cc2NC2CCC(O)CC2)cn1. The maximum atomic E-state index is 9.61. The minimum absolute atomic E-state index is 0.168. The molecule has 0 radical (unpaired) electrons. The molecule has 2 aromatic heterocycles. The summed E-state index contributed by atoms with van der Waals surface area (Å²) >= 11 is 6.03. The molecule has 0 aliphatic heterocycles. The molecule has 0 spiro atoms. The average Bonchev–Trinajstić information content (AvgIpc) is 2.94. The Kier molecular flexibility index (Phi) is 4.85. The largest absolute Gasteiger partial charge is 0.393 e. The highest BCUT2D eigenvalue weighted by Gasteiger charge is 2.19. The van der Waals surface area contributed by atoms with Gasteiger partial charge in [0.2, 0.25) is 0 Å². The fraction of sp³-hybridized carbons (Fsp3) is 0.412. The molecule has 0 atom stereocenters. The summed E-state index contributed by atoms with van der Waals surface area (Å²) in [4.78, 5) is 4.12. The summed E-state index contributed by atoms with van der Waals surface area (Å²) in [5.74, 6) is 6.22. The highest BCUT2D eigenvalue weighted by molar-refractivity contribution is 6.29. The van der Waals surface area contributed by atoms with E-state index in [1.165, 1.54) is 0 Å². The number of halogens is 1. The molecule has 0 bridgehead atoms. The van der Waals surface area contributed by atoms with Crippen molar-refractivity contribution in [2.45, 2.75) is 37.8 Å². The van der Waals surface area contributed by atoms with Gasteiger partial charge in [0.05, 0.1) is 29.1 Å². The highest BCUT2D eigenvalue weighted by atomic mass is 35.5. The molecule has 2 heterocycles. The van der Waals surface area contributed by atoms with Crippen molar-refractivity contribution in [2.75, 3.05) is 5.32 Å². The van der Waals surface area contributed by atoms with Gasteiger partial charge in [-0.2, -0.15) is 5.10 Å². The smallest absolute Gasteiger partial charge is 0.131 e. The van der Waals surface area contributed by atoms with E-state index in [4.69, 9.17) is 11.6 Å². The summed E-state index contributed by atoms with van der Waals surface area (Å²) in [7, 11) is 1.86. The van der Waals surface area contributed by atoms with Gasteiger partial charge in [-0.25, -0.2) is 4.98 Å². The van der Waals surface area contributed by atoms with E-state index >= 15 is 0 Å². The Morgan fingerprint density at radius 3 is 2.74 bits per heavy atom. The molecular formula is C17H19ClN4O. The third-order valence-corrected chi connectivity index (χ3v) is 4.18. The van der Waals surface area contributed by atoms with Gasteiger partial charge in [0.1, 0.15) is 5.15 Å². The molecule has 0 unspecified atom stereocenters. The predicted molar refractivity (Wildman–Crippen MR) is 90.3 cm³/mol. The van der Waals surface area contributed by atoms with Crippen LogP contribution in [-0.4, -0.2) is 32.0 Å². The highest BCUT2D eigenvalue weighted by Crippen LogP contribution is 2.25. The lowest BCUT2D eigenvalue weighted by Gasteiger charge is -2.27.